The van der Waals surface area contributed by atoms with Crippen LogP contribution in [0.25, 0.3) is 0 Å². The molecule has 1 saturated heterocycles. The van der Waals surface area contributed by atoms with Crippen LogP contribution in [0.4, 0.5) is 0 Å². The summed E-state index contributed by atoms with van der Waals surface area (Å²) in [6, 6.07) is 9.30. The van der Waals surface area contributed by atoms with Gasteiger partial charge in [-0.3, -0.25) is 9.89 Å². The van der Waals surface area contributed by atoms with Crippen LogP contribution in [-0.2, 0) is 0 Å². The quantitative estimate of drug-likeness (QED) is 0.403. The lowest BCUT2D eigenvalue weighted by Crippen LogP contribution is -2.46. The molecule has 0 saturated carbocycles. The van der Waals surface area contributed by atoms with Crippen LogP contribution in [0.3, 0.4) is 0 Å². The van der Waals surface area contributed by atoms with Crippen LogP contribution in [0.1, 0.15) is 38.3 Å². The van der Waals surface area contributed by atoms with E-state index in [1.165, 1.54) is 18.4 Å². The molecule has 2 atom stereocenters. The maximum atomic E-state index is 5.29. The molecule has 2 rings (SSSR count). The minimum absolute atomic E-state index is 0. The number of nitrogens with one attached hydrogen (secondary N) is 2. The molecule has 2 N–H and O–H groups in total. The highest BCUT2D eigenvalue weighted by atomic mass is 127. The smallest absolute Gasteiger partial charge is 0.191 e. The molecule has 1 heterocycles. The number of piperidine rings is 1. The van der Waals surface area contributed by atoms with Crippen molar-refractivity contribution in [2.75, 3.05) is 34.3 Å². The molecule has 0 bridgehead atoms. The molecule has 0 aromatic heterocycles. The summed E-state index contributed by atoms with van der Waals surface area (Å²) in [4.78, 5) is 6.78. The SMILES string of the molecule is CN=C(NCC1CCCN(C)C1c1ccc(OC)cc1)NC(C)C.I. The highest BCUT2D eigenvalue weighted by Crippen LogP contribution is 2.35. The molecule has 0 aliphatic carbocycles. The molecule has 1 aliphatic heterocycles. The number of benzene rings is 1. The summed E-state index contributed by atoms with van der Waals surface area (Å²) in [6.07, 6.45) is 2.47. The van der Waals surface area contributed by atoms with Gasteiger partial charge in [0.25, 0.3) is 0 Å². The van der Waals surface area contributed by atoms with E-state index in [0.717, 1.165) is 24.8 Å². The maximum absolute atomic E-state index is 5.29. The summed E-state index contributed by atoms with van der Waals surface area (Å²) in [5, 5.41) is 6.86. The molecule has 0 amide bonds. The highest BCUT2D eigenvalue weighted by Gasteiger charge is 2.30. The average Bonchev–Trinajstić information content (AvgIpc) is 2.58. The molecule has 0 spiro atoms. The van der Waals surface area contributed by atoms with E-state index in [2.05, 4.69) is 65.7 Å². The van der Waals surface area contributed by atoms with Crippen LogP contribution >= 0.6 is 24.0 Å². The number of rotatable bonds is 5. The van der Waals surface area contributed by atoms with Gasteiger partial charge in [-0.25, -0.2) is 0 Å². The Bertz CT molecular complexity index is 533. The van der Waals surface area contributed by atoms with Crippen molar-refractivity contribution in [3.8, 4) is 5.75 Å². The first-order valence-electron chi connectivity index (χ1n) is 8.86. The van der Waals surface area contributed by atoms with Gasteiger partial charge in [-0.2, -0.15) is 0 Å². The van der Waals surface area contributed by atoms with Gasteiger partial charge in [0.15, 0.2) is 5.96 Å². The monoisotopic (exact) mass is 460 g/mol. The van der Waals surface area contributed by atoms with E-state index in [0.29, 0.717) is 18.0 Å². The van der Waals surface area contributed by atoms with Crippen LogP contribution in [-0.4, -0.2) is 51.2 Å². The topological polar surface area (TPSA) is 48.9 Å². The molecule has 25 heavy (non-hydrogen) atoms. The van der Waals surface area contributed by atoms with Gasteiger partial charge in [0.05, 0.1) is 7.11 Å². The number of aliphatic imine (C=N–C) groups is 1. The van der Waals surface area contributed by atoms with Crippen LogP contribution < -0.4 is 15.4 Å². The second kappa shape index (κ2) is 10.9. The third-order valence-electron chi connectivity index (χ3n) is 4.65. The summed E-state index contributed by atoms with van der Waals surface area (Å²) in [5.41, 5.74) is 1.36. The Morgan fingerprint density at radius 1 is 1.32 bits per heavy atom. The lowest BCUT2D eigenvalue weighted by atomic mass is 9.85. The van der Waals surface area contributed by atoms with Crippen molar-refractivity contribution in [1.29, 1.82) is 0 Å². The molecule has 1 aromatic rings. The third kappa shape index (κ3) is 6.33. The first-order chi connectivity index (χ1) is 11.5. The van der Waals surface area contributed by atoms with Gasteiger partial charge in [-0.15, -0.1) is 24.0 Å². The molecule has 5 nitrogen and oxygen atoms in total. The summed E-state index contributed by atoms with van der Waals surface area (Å²) in [5.74, 6) is 2.35. The Morgan fingerprint density at radius 3 is 2.56 bits per heavy atom. The van der Waals surface area contributed by atoms with Crippen LogP contribution in [0.2, 0.25) is 0 Å². The second-order valence-electron chi connectivity index (χ2n) is 6.85. The lowest BCUT2D eigenvalue weighted by Gasteiger charge is -2.40. The molecule has 1 fully saturated rings. The zero-order chi connectivity index (χ0) is 17.5. The number of ether oxygens (including phenoxy) is 1. The summed E-state index contributed by atoms with van der Waals surface area (Å²) in [6.45, 7) is 6.32. The van der Waals surface area contributed by atoms with Crippen molar-refractivity contribution in [3.05, 3.63) is 29.8 Å². The fourth-order valence-electron chi connectivity index (χ4n) is 3.50. The fourth-order valence-corrected chi connectivity index (χ4v) is 3.50. The van der Waals surface area contributed by atoms with Gasteiger partial charge in [-0.05, 0) is 63.9 Å². The zero-order valence-corrected chi connectivity index (χ0v) is 18.4. The Hall–Kier alpha value is -1.02. The number of methoxy groups -OCH3 is 1. The Balaban J connectivity index is 0.00000312. The largest absolute Gasteiger partial charge is 0.497 e. The van der Waals surface area contributed by atoms with E-state index >= 15 is 0 Å². The molecule has 0 radical (unpaired) electrons. The van der Waals surface area contributed by atoms with Crippen molar-refractivity contribution >= 4 is 29.9 Å². The number of guanidine groups is 1. The first-order valence-corrected chi connectivity index (χ1v) is 8.86. The minimum Gasteiger partial charge on any atom is -0.497 e. The third-order valence-corrected chi connectivity index (χ3v) is 4.65. The highest BCUT2D eigenvalue weighted by molar-refractivity contribution is 14.0. The van der Waals surface area contributed by atoms with Crippen molar-refractivity contribution in [3.63, 3.8) is 0 Å². The first kappa shape index (κ1) is 22.0. The number of hydrogen-bond donors (Lipinski definition) is 2. The molecule has 1 aromatic carbocycles. The van der Waals surface area contributed by atoms with Gasteiger partial charge < -0.3 is 15.4 Å². The van der Waals surface area contributed by atoms with Crippen molar-refractivity contribution in [2.24, 2.45) is 10.9 Å². The van der Waals surface area contributed by atoms with Crippen LogP contribution in [0.15, 0.2) is 29.3 Å². The van der Waals surface area contributed by atoms with Crippen LogP contribution in [0.5, 0.6) is 5.75 Å². The maximum Gasteiger partial charge on any atom is 0.191 e. The Kier molecular flexibility index (Phi) is 9.56. The minimum atomic E-state index is 0. The van der Waals surface area contributed by atoms with Crippen molar-refractivity contribution in [2.45, 2.75) is 38.8 Å². The predicted molar refractivity (Wildman–Crippen MR) is 116 cm³/mol. The molecule has 142 valence electrons. The van der Waals surface area contributed by atoms with E-state index in [4.69, 9.17) is 4.74 Å². The van der Waals surface area contributed by atoms with E-state index < -0.39 is 0 Å². The van der Waals surface area contributed by atoms with Crippen LogP contribution in [0, 0.1) is 5.92 Å². The normalized spacial score (nSPS) is 21.6. The summed E-state index contributed by atoms with van der Waals surface area (Å²) in [7, 11) is 5.76. The summed E-state index contributed by atoms with van der Waals surface area (Å²) < 4.78 is 5.29. The zero-order valence-electron chi connectivity index (χ0n) is 16.1. The van der Waals surface area contributed by atoms with E-state index in [1.54, 1.807) is 7.11 Å². The van der Waals surface area contributed by atoms with Gasteiger partial charge >= 0.3 is 0 Å². The van der Waals surface area contributed by atoms with Gasteiger partial charge in [0, 0.05) is 25.7 Å². The standard InChI is InChI=1S/C19H32N4O.HI/c1-14(2)22-19(20-3)21-13-16-7-6-12-23(4)18(16)15-8-10-17(24-5)11-9-15;/h8-11,14,16,18H,6-7,12-13H2,1-5H3,(H2,20,21,22);1H. The number of nitrogens with zero attached hydrogens (tertiary/aromatic N) is 2. The predicted octanol–water partition coefficient (Wildman–Crippen LogP) is 3.27. The molecular weight excluding hydrogens is 427 g/mol. The van der Waals surface area contributed by atoms with Crippen molar-refractivity contribution in [1.82, 2.24) is 15.5 Å². The van der Waals surface area contributed by atoms with E-state index in [1.807, 2.05) is 7.05 Å². The number of likely N-dealkylation sites (tertiary alicyclic amines) is 1. The van der Waals surface area contributed by atoms with Gasteiger partial charge in [-0.1, -0.05) is 12.1 Å². The second-order valence-corrected chi connectivity index (χ2v) is 6.85. The Morgan fingerprint density at radius 2 is 2.00 bits per heavy atom. The van der Waals surface area contributed by atoms with Crippen molar-refractivity contribution < 1.29 is 4.74 Å². The summed E-state index contributed by atoms with van der Waals surface area (Å²) >= 11 is 0. The number of hydrogen-bond acceptors (Lipinski definition) is 3. The molecule has 6 heteroatoms. The number of halogens is 1. The van der Waals surface area contributed by atoms with E-state index in [-0.39, 0.29) is 24.0 Å². The molecular formula is C19H33IN4O. The fraction of sp³-hybridized carbons (Fsp3) is 0.632. The Labute approximate surface area is 169 Å². The molecule has 2 unspecified atom stereocenters. The average molecular weight is 460 g/mol. The molecule has 1 aliphatic rings. The lowest BCUT2D eigenvalue weighted by molar-refractivity contribution is 0.122. The van der Waals surface area contributed by atoms with Gasteiger partial charge in [0.2, 0.25) is 0 Å². The van der Waals surface area contributed by atoms with E-state index in [9.17, 15) is 0 Å². The van der Waals surface area contributed by atoms with Gasteiger partial charge in [0.1, 0.15) is 5.75 Å².